The molecule has 2 aromatic rings. The second-order valence-electron chi connectivity index (χ2n) is 6.29. The minimum Gasteiger partial charge on any atom is -0.299 e. The highest BCUT2D eigenvalue weighted by Crippen LogP contribution is 2.14. The summed E-state index contributed by atoms with van der Waals surface area (Å²) in [5.41, 5.74) is 2.25. The van der Waals surface area contributed by atoms with Crippen molar-refractivity contribution in [2.45, 2.75) is 37.2 Å². The van der Waals surface area contributed by atoms with Gasteiger partial charge in [0.25, 0.3) is 0 Å². The highest BCUT2D eigenvalue weighted by atomic mass is 32.2. The fourth-order valence-electron chi connectivity index (χ4n) is 3.00. The molecule has 0 spiro atoms. The van der Waals surface area contributed by atoms with Crippen LogP contribution in [0.5, 0.6) is 0 Å². The van der Waals surface area contributed by atoms with Gasteiger partial charge in [0.05, 0.1) is 4.90 Å². The lowest BCUT2D eigenvalue weighted by Crippen LogP contribution is -2.29. The minimum atomic E-state index is -3.45. The number of benzene rings is 2. The molecule has 1 aliphatic heterocycles. The van der Waals surface area contributed by atoms with Crippen LogP contribution in [0, 0.1) is 0 Å². The van der Waals surface area contributed by atoms with Crippen LogP contribution >= 0.6 is 0 Å². The van der Waals surface area contributed by atoms with Gasteiger partial charge in [-0.05, 0) is 49.2 Å². The van der Waals surface area contributed by atoms with Crippen LogP contribution in [0.4, 0.5) is 0 Å². The number of nitrogens with one attached hydrogen (secondary N) is 1. The van der Waals surface area contributed by atoms with Crippen LogP contribution in [0.1, 0.15) is 30.4 Å². The van der Waals surface area contributed by atoms with E-state index in [-0.39, 0.29) is 0 Å². The van der Waals surface area contributed by atoms with E-state index in [1.54, 1.807) is 30.3 Å². The predicted molar refractivity (Wildman–Crippen MR) is 96.0 cm³/mol. The molecular weight excluding hydrogens is 320 g/mol. The molecule has 1 heterocycles. The maximum atomic E-state index is 12.2. The normalized spacial score (nSPS) is 16.2. The monoisotopic (exact) mass is 344 g/mol. The number of piperidine rings is 1. The Labute approximate surface area is 144 Å². The highest BCUT2D eigenvalue weighted by molar-refractivity contribution is 7.89. The number of likely N-dealkylation sites (tertiary alicyclic amines) is 1. The smallest absolute Gasteiger partial charge is 0.240 e. The van der Waals surface area contributed by atoms with Gasteiger partial charge in [-0.15, -0.1) is 0 Å². The summed E-state index contributed by atoms with van der Waals surface area (Å²) >= 11 is 0. The van der Waals surface area contributed by atoms with Gasteiger partial charge in [0, 0.05) is 13.1 Å². The molecule has 0 unspecified atom stereocenters. The first kappa shape index (κ1) is 17.1. The summed E-state index contributed by atoms with van der Waals surface area (Å²) in [5.74, 6) is 0. The molecule has 0 bridgehead atoms. The average molecular weight is 344 g/mol. The molecule has 128 valence electrons. The summed E-state index contributed by atoms with van der Waals surface area (Å²) < 4.78 is 27.1. The van der Waals surface area contributed by atoms with E-state index in [9.17, 15) is 8.42 Å². The van der Waals surface area contributed by atoms with Crippen LogP contribution in [0.15, 0.2) is 59.5 Å². The van der Waals surface area contributed by atoms with Crippen molar-refractivity contribution < 1.29 is 8.42 Å². The van der Waals surface area contributed by atoms with Crippen LogP contribution in [-0.4, -0.2) is 26.4 Å². The fourth-order valence-corrected chi connectivity index (χ4v) is 4.04. The van der Waals surface area contributed by atoms with Gasteiger partial charge in [-0.2, -0.15) is 0 Å². The number of rotatable bonds is 6. The molecule has 0 atom stereocenters. The fraction of sp³-hybridized carbons (Fsp3) is 0.368. The molecule has 1 saturated heterocycles. The zero-order valence-corrected chi connectivity index (χ0v) is 14.6. The quantitative estimate of drug-likeness (QED) is 0.876. The maximum absolute atomic E-state index is 12.2. The summed E-state index contributed by atoms with van der Waals surface area (Å²) in [7, 11) is -3.45. The van der Waals surface area contributed by atoms with Gasteiger partial charge in [0.1, 0.15) is 0 Å². The van der Waals surface area contributed by atoms with Crippen LogP contribution in [-0.2, 0) is 23.1 Å². The van der Waals surface area contributed by atoms with Gasteiger partial charge in [-0.1, -0.05) is 48.9 Å². The van der Waals surface area contributed by atoms with E-state index in [1.807, 2.05) is 12.1 Å². The largest absolute Gasteiger partial charge is 0.299 e. The van der Waals surface area contributed by atoms with E-state index in [1.165, 1.54) is 37.9 Å². The standard InChI is InChI=1S/C19H24N2O2S/c22-24(23,19-7-3-1-4-8-19)20-15-17-9-11-18(12-10-17)16-21-13-5-2-6-14-21/h1,3-4,7-12,20H,2,5-6,13-16H2. The first-order valence-corrected chi connectivity index (χ1v) is 9.97. The van der Waals surface area contributed by atoms with E-state index in [2.05, 4.69) is 21.8 Å². The van der Waals surface area contributed by atoms with Gasteiger partial charge in [0.15, 0.2) is 0 Å². The van der Waals surface area contributed by atoms with Gasteiger partial charge in [-0.25, -0.2) is 13.1 Å². The van der Waals surface area contributed by atoms with Crippen molar-refractivity contribution in [3.05, 3.63) is 65.7 Å². The predicted octanol–water partition coefficient (Wildman–Crippen LogP) is 3.15. The zero-order chi connectivity index (χ0) is 16.8. The van der Waals surface area contributed by atoms with E-state index in [0.717, 1.165) is 12.1 Å². The van der Waals surface area contributed by atoms with Gasteiger partial charge < -0.3 is 0 Å². The van der Waals surface area contributed by atoms with Crippen LogP contribution in [0.3, 0.4) is 0 Å². The van der Waals surface area contributed by atoms with Crippen molar-refractivity contribution in [1.82, 2.24) is 9.62 Å². The Bertz CT molecular complexity index is 737. The minimum absolute atomic E-state index is 0.298. The van der Waals surface area contributed by atoms with E-state index >= 15 is 0 Å². The van der Waals surface area contributed by atoms with Crippen molar-refractivity contribution in [1.29, 1.82) is 0 Å². The maximum Gasteiger partial charge on any atom is 0.240 e. The number of hydrogen-bond acceptors (Lipinski definition) is 3. The molecule has 4 nitrogen and oxygen atoms in total. The van der Waals surface area contributed by atoms with Crippen molar-refractivity contribution >= 4 is 10.0 Å². The Kier molecular flexibility index (Phi) is 5.66. The molecule has 1 N–H and O–H groups in total. The Hall–Kier alpha value is -1.69. The van der Waals surface area contributed by atoms with Gasteiger partial charge in [-0.3, -0.25) is 4.90 Å². The Morgan fingerprint density at radius 3 is 2.12 bits per heavy atom. The summed E-state index contributed by atoms with van der Waals surface area (Å²) in [6.07, 6.45) is 3.93. The van der Waals surface area contributed by atoms with Crippen molar-refractivity contribution in [3.63, 3.8) is 0 Å². The third-order valence-electron chi connectivity index (χ3n) is 4.40. The lowest BCUT2D eigenvalue weighted by molar-refractivity contribution is 0.221. The molecule has 0 radical (unpaired) electrons. The first-order chi connectivity index (χ1) is 11.6. The summed E-state index contributed by atoms with van der Waals surface area (Å²) in [6.45, 7) is 3.65. The van der Waals surface area contributed by atoms with E-state index in [4.69, 9.17) is 0 Å². The Morgan fingerprint density at radius 2 is 1.46 bits per heavy atom. The second kappa shape index (κ2) is 7.92. The van der Waals surface area contributed by atoms with Crippen LogP contribution < -0.4 is 4.72 Å². The molecule has 1 fully saturated rings. The summed E-state index contributed by atoms with van der Waals surface area (Å²) in [6, 6.07) is 16.7. The third kappa shape index (κ3) is 4.66. The summed E-state index contributed by atoms with van der Waals surface area (Å²) in [5, 5.41) is 0. The number of sulfonamides is 1. The molecule has 3 rings (SSSR count). The van der Waals surface area contributed by atoms with E-state index in [0.29, 0.717) is 11.4 Å². The third-order valence-corrected chi connectivity index (χ3v) is 5.81. The molecule has 0 amide bonds. The van der Waals surface area contributed by atoms with E-state index < -0.39 is 10.0 Å². The molecule has 0 aromatic heterocycles. The Morgan fingerprint density at radius 1 is 0.833 bits per heavy atom. The zero-order valence-electron chi connectivity index (χ0n) is 13.8. The Balaban J connectivity index is 1.56. The lowest BCUT2D eigenvalue weighted by atomic mass is 10.1. The van der Waals surface area contributed by atoms with Crippen molar-refractivity contribution in [3.8, 4) is 0 Å². The molecule has 1 aliphatic rings. The molecule has 0 aliphatic carbocycles. The molecule has 2 aromatic carbocycles. The number of hydrogen-bond donors (Lipinski definition) is 1. The summed E-state index contributed by atoms with van der Waals surface area (Å²) in [4.78, 5) is 2.78. The molecule has 0 saturated carbocycles. The van der Waals surface area contributed by atoms with Crippen molar-refractivity contribution in [2.24, 2.45) is 0 Å². The first-order valence-electron chi connectivity index (χ1n) is 8.48. The van der Waals surface area contributed by atoms with Gasteiger partial charge >= 0.3 is 0 Å². The average Bonchev–Trinajstić information content (AvgIpc) is 2.63. The number of nitrogens with zero attached hydrogens (tertiary/aromatic N) is 1. The molecular formula is C19H24N2O2S. The van der Waals surface area contributed by atoms with Gasteiger partial charge in [0.2, 0.25) is 10.0 Å². The molecule has 24 heavy (non-hydrogen) atoms. The van der Waals surface area contributed by atoms with Crippen LogP contribution in [0.2, 0.25) is 0 Å². The highest BCUT2D eigenvalue weighted by Gasteiger charge is 2.13. The second-order valence-corrected chi connectivity index (χ2v) is 8.06. The SMILES string of the molecule is O=S(=O)(NCc1ccc(CN2CCCCC2)cc1)c1ccccc1. The molecule has 5 heteroatoms. The van der Waals surface area contributed by atoms with Crippen LogP contribution in [0.25, 0.3) is 0 Å². The topological polar surface area (TPSA) is 49.4 Å². The lowest BCUT2D eigenvalue weighted by Gasteiger charge is -2.26. The van der Waals surface area contributed by atoms with Crippen molar-refractivity contribution in [2.75, 3.05) is 13.1 Å².